The van der Waals surface area contributed by atoms with Crippen molar-refractivity contribution < 1.29 is 19.4 Å². The molecule has 42 heavy (non-hydrogen) atoms. The number of anilines is 1. The van der Waals surface area contributed by atoms with Gasteiger partial charge in [-0.25, -0.2) is 9.97 Å². The van der Waals surface area contributed by atoms with Gasteiger partial charge in [0.15, 0.2) is 10.9 Å². The number of ketones is 1. The predicted octanol–water partition coefficient (Wildman–Crippen LogP) is 7.06. The number of unbranched alkanes of at least 4 members (excludes halogenated alkanes) is 2. The largest absolute Gasteiger partial charge is 0.505 e. The second kappa shape index (κ2) is 11.1. The molecule has 0 spiro atoms. The number of fused-ring (bicyclic) bond motifs is 2. The van der Waals surface area contributed by atoms with Gasteiger partial charge in [0.25, 0.3) is 5.78 Å². The van der Waals surface area contributed by atoms with Crippen LogP contribution in [0.4, 0.5) is 5.13 Å². The van der Waals surface area contributed by atoms with Crippen LogP contribution in [0.3, 0.4) is 0 Å². The van der Waals surface area contributed by atoms with Gasteiger partial charge in [0.2, 0.25) is 0 Å². The minimum atomic E-state index is -0.894. The number of carbonyl (C=O) groups excluding carboxylic acids is 2. The first kappa shape index (κ1) is 27.7. The van der Waals surface area contributed by atoms with Crippen LogP contribution in [0.5, 0.6) is 5.75 Å². The summed E-state index contributed by atoms with van der Waals surface area (Å²) in [5.41, 5.74) is 5.08. The van der Waals surface area contributed by atoms with Gasteiger partial charge in [-0.2, -0.15) is 0 Å². The van der Waals surface area contributed by atoms with E-state index in [-0.39, 0.29) is 11.3 Å². The van der Waals surface area contributed by atoms with Crippen LogP contribution < -0.4 is 9.64 Å². The molecule has 1 aliphatic rings. The number of Topliss-reactive ketones (excluding diaryl/α,β-unsaturated/α-hetero) is 1. The van der Waals surface area contributed by atoms with Gasteiger partial charge in [0.1, 0.15) is 17.1 Å². The molecule has 0 aliphatic carbocycles. The second-order valence-electron chi connectivity index (χ2n) is 10.7. The fourth-order valence-electron chi connectivity index (χ4n) is 5.62. The predicted molar refractivity (Wildman–Crippen MR) is 165 cm³/mol. The van der Waals surface area contributed by atoms with Crippen LogP contribution in [0.1, 0.15) is 60.3 Å². The number of nitrogens with zero attached hydrogens (tertiary/aromatic N) is 4. The lowest BCUT2D eigenvalue weighted by molar-refractivity contribution is -0.132. The smallest absolute Gasteiger partial charge is 0.301 e. The van der Waals surface area contributed by atoms with Crippen molar-refractivity contribution in [2.45, 2.75) is 53.0 Å². The number of imidazole rings is 1. The molecule has 5 aromatic rings. The highest BCUT2D eigenvalue weighted by Crippen LogP contribution is 2.45. The molecular weight excluding hydrogens is 548 g/mol. The molecule has 1 fully saturated rings. The summed E-state index contributed by atoms with van der Waals surface area (Å²) in [6.07, 6.45) is 4.94. The molecule has 0 bridgehead atoms. The van der Waals surface area contributed by atoms with Crippen LogP contribution in [-0.2, 0) is 9.59 Å². The van der Waals surface area contributed by atoms with Crippen LogP contribution in [0.2, 0.25) is 0 Å². The fourth-order valence-corrected chi connectivity index (χ4v) is 6.79. The number of aliphatic hydroxyl groups is 1. The third kappa shape index (κ3) is 4.73. The van der Waals surface area contributed by atoms with Crippen molar-refractivity contribution in [1.82, 2.24) is 14.4 Å². The van der Waals surface area contributed by atoms with Crippen LogP contribution in [0.15, 0.2) is 66.4 Å². The topological polar surface area (TPSA) is 97.0 Å². The molecule has 1 N–H and O–H groups in total. The van der Waals surface area contributed by atoms with Gasteiger partial charge in [-0.15, -0.1) is 0 Å². The number of thiazole rings is 1. The molecule has 0 saturated carbocycles. The lowest BCUT2D eigenvalue weighted by atomic mass is 9.96. The molecule has 8 nitrogen and oxygen atoms in total. The van der Waals surface area contributed by atoms with E-state index in [9.17, 15) is 14.7 Å². The fraction of sp³-hybridized carbons (Fsp3) is 0.273. The first-order valence-electron chi connectivity index (χ1n) is 14.1. The molecule has 9 heteroatoms. The van der Waals surface area contributed by atoms with Crippen LogP contribution in [0.25, 0.3) is 21.6 Å². The number of ether oxygens (including phenoxy) is 1. The number of hydrogen-bond acceptors (Lipinski definition) is 7. The Bertz CT molecular complexity index is 1870. The summed E-state index contributed by atoms with van der Waals surface area (Å²) < 4.78 is 8.57. The SMILES string of the molecule is CCCCCOc1ccc(C2/C(=C(\O)c3c(C)nc4ccccn34)C(=O)C(=O)N2c2nc3c(C)cc(C)cc3s2)cc1. The highest BCUT2D eigenvalue weighted by Gasteiger charge is 2.48. The first-order chi connectivity index (χ1) is 20.3. The number of hydrogen-bond donors (Lipinski definition) is 1. The summed E-state index contributed by atoms with van der Waals surface area (Å²) >= 11 is 1.36. The zero-order chi connectivity index (χ0) is 29.5. The standard InChI is InChI=1S/C33H32N4O4S/c1-5-6-9-16-41-23-13-11-22(12-14-23)29-26(30(38)28-21(4)34-25-10-7-8-15-36(25)28)31(39)32(40)37(29)33-35-27-20(3)17-19(2)18-24(27)42-33/h7-8,10-15,17-18,29,38H,5-6,9,16H2,1-4H3/b30-26+. The number of aromatic nitrogens is 3. The average molecular weight is 581 g/mol. The zero-order valence-corrected chi connectivity index (χ0v) is 24.9. The summed E-state index contributed by atoms with van der Waals surface area (Å²) in [7, 11) is 0. The number of aryl methyl sites for hydroxylation is 3. The van der Waals surface area contributed by atoms with Crippen molar-refractivity contribution in [3.63, 3.8) is 0 Å². The summed E-state index contributed by atoms with van der Waals surface area (Å²) in [6.45, 7) is 8.53. The average Bonchev–Trinajstić information content (AvgIpc) is 3.62. The van der Waals surface area contributed by atoms with E-state index in [1.54, 1.807) is 17.5 Å². The van der Waals surface area contributed by atoms with Gasteiger partial charge < -0.3 is 9.84 Å². The summed E-state index contributed by atoms with van der Waals surface area (Å²) in [4.78, 5) is 38.3. The Labute approximate surface area is 247 Å². The number of aliphatic hydroxyl groups excluding tert-OH is 1. The van der Waals surface area contributed by atoms with Crippen molar-refractivity contribution >= 4 is 49.8 Å². The van der Waals surface area contributed by atoms with Crippen molar-refractivity contribution in [2.24, 2.45) is 0 Å². The van der Waals surface area contributed by atoms with Crippen LogP contribution in [-0.4, -0.2) is 37.8 Å². The molecule has 6 rings (SSSR count). The molecule has 2 aromatic carbocycles. The molecule has 4 heterocycles. The van der Waals surface area contributed by atoms with E-state index in [1.807, 2.05) is 68.4 Å². The lowest BCUT2D eigenvalue weighted by Gasteiger charge is -2.23. The number of pyridine rings is 1. The number of carbonyl (C=O) groups is 2. The summed E-state index contributed by atoms with van der Waals surface area (Å²) in [5.74, 6) is -1.07. The van der Waals surface area contributed by atoms with E-state index >= 15 is 0 Å². The van der Waals surface area contributed by atoms with Crippen molar-refractivity contribution in [3.8, 4) is 5.75 Å². The Morgan fingerprint density at radius 2 is 1.81 bits per heavy atom. The third-order valence-corrected chi connectivity index (χ3v) is 8.61. The third-order valence-electron chi connectivity index (χ3n) is 7.61. The Morgan fingerprint density at radius 1 is 1.02 bits per heavy atom. The van der Waals surface area contributed by atoms with Crippen molar-refractivity contribution in [2.75, 3.05) is 11.5 Å². The van der Waals surface area contributed by atoms with E-state index in [1.165, 1.54) is 16.2 Å². The first-order valence-corrected chi connectivity index (χ1v) is 15.0. The van der Waals surface area contributed by atoms with Gasteiger partial charge in [-0.05, 0) is 74.2 Å². The van der Waals surface area contributed by atoms with E-state index in [0.717, 1.165) is 40.6 Å². The molecule has 3 aromatic heterocycles. The van der Waals surface area contributed by atoms with E-state index < -0.39 is 17.7 Å². The minimum Gasteiger partial charge on any atom is -0.505 e. The van der Waals surface area contributed by atoms with E-state index in [4.69, 9.17) is 9.72 Å². The normalized spacial score (nSPS) is 16.7. The van der Waals surface area contributed by atoms with Crippen molar-refractivity contribution in [1.29, 1.82) is 0 Å². The van der Waals surface area contributed by atoms with E-state index in [0.29, 0.717) is 40.1 Å². The van der Waals surface area contributed by atoms with Gasteiger partial charge in [-0.1, -0.05) is 55.4 Å². The van der Waals surface area contributed by atoms with Crippen LogP contribution in [0, 0.1) is 20.8 Å². The maximum absolute atomic E-state index is 13.8. The monoisotopic (exact) mass is 580 g/mol. The highest BCUT2D eigenvalue weighted by molar-refractivity contribution is 7.22. The molecule has 1 saturated heterocycles. The van der Waals surface area contributed by atoms with Gasteiger partial charge in [-0.3, -0.25) is 18.9 Å². The number of amides is 1. The second-order valence-corrected chi connectivity index (χ2v) is 11.7. The highest BCUT2D eigenvalue weighted by atomic mass is 32.1. The summed E-state index contributed by atoms with van der Waals surface area (Å²) in [6, 6.07) is 16.1. The van der Waals surface area contributed by atoms with Gasteiger partial charge in [0, 0.05) is 6.20 Å². The lowest BCUT2D eigenvalue weighted by Crippen LogP contribution is -2.29. The van der Waals surface area contributed by atoms with E-state index in [2.05, 4.69) is 11.9 Å². The molecule has 214 valence electrons. The Morgan fingerprint density at radius 3 is 2.57 bits per heavy atom. The van der Waals surface area contributed by atoms with Crippen molar-refractivity contribution in [3.05, 3.63) is 94.4 Å². The molecule has 0 radical (unpaired) electrons. The molecule has 1 amide bonds. The molecule has 1 unspecified atom stereocenters. The number of rotatable bonds is 8. The molecular formula is C33H32N4O4S. The Balaban J connectivity index is 1.51. The minimum absolute atomic E-state index is 0.00229. The van der Waals surface area contributed by atoms with Gasteiger partial charge >= 0.3 is 5.91 Å². The molecule has 1 atom stereocenters. The maximum Gasteiger partial charge on any atom is 0.301 e. The zero-order valence-electron chi connectivity index (χ0n) is 24.0. The summed E-state index contributed by atoms with van der Waals surface area (Å²) in [5, 5.41) is 12.2. The van der Waals surface area contributed by atoms with Gasteiger partial charge in [0.05, 0.1) is 34.1 Å². The van der Waals surface area contributed by atoms with Crippen LogP contribution >= 0.6 is 11.3 Å². The molecule has 1 aliphatic heterocycles. The Hall–Kier alpha value is -4.50. The number of benzene rings is 2. The maximum atomic E-state index is 13.8. The Kier molecular flexibility index (Phi) is 7.28. The quantitative estimate of drug-likeness (QED) is 0.0913.